The summed E-state index contributed by atoms with van der Waals surface area (Å²) in [6.07, 6.45) is -0.420. The van der Waals surface area contributed by atoms with Gasteiger partial charge in [-0.1, -0.05) is 19.9 Å². The summed E-state index contributed by atoms with van der Waals surface area (Å²) >= 11 is 0. The Morgan fingerprint density at radius 3 is 2.72 bits per heavy atom. The van der Waals surface area contributed by atoms with Crippen LogP contribution in [0.2, 0.25) is 0 Å². The molecule has 0 aromatic heterocycles. The summed E-state index contributed by atoms with van der Waals surface area (Å²) in [7, 11) is 1.78. The molecule has 0 bridgehead atoms. The fourth-order valence-corrected chi connectivity index (χ4v) is 2.05. The van der Waals surface area contributed by atoms with E-state index in [0.29, 0.717) is 6.54 Å². The van der Waals surface area contributed by atoms with E-state index in [1.165, 1.54) is 0 Å². The maximum Gasteiger partial charge on any atom is 0.267 e. The first-order chi connectivity index (χ1) is 8.36. The molecular formula is C14H20N2O2. The quantitative estimate of drug-likeness (QED) is 0.866. The summed E-state index contributed by atoms with van der Waals surface area (Å²) in [5.74, 6) is 0.728. The van der Waals surface area contributed by atoms with Crippen LogP contribution < -0.4 is 15.4 Å². The monoisotopic (exact) mass is 248 g/mol. The number of hydrogen-bond donors (Lipinski definition) is 1. The van der Waals surface area contributed by atoms with Crippen molar-refractivity contribution in [3.63, 3.8) is 0 Å². The van der Waals surface area contributed by atoms with Gasteiger partial charge in [0.15, 0.2) is 6.10 Å². The molecule has 2 N–H and O–H groups in total. The van der Waals surface area contributed by atoms with E-state index in [1.54, 1.807) is 18.9 Å². The van der Waals surface area contributed by atoms with E-state index < -0.39 is 6.10 Å². The number of rotatable bonds is 2. The minimum atomic E-state index is -0.420. The van der Waals surface area contributed by atoms with Crippen molar-refractivity contribution in [2.24, 2.45) is 5.73 Å². The molecule has 1 heterocycles. The summed E-state index contributed by atoms with van der Waals surface area (Å²) in [5.41, 5.74) is 7.61. The van der Waals surface area contributed by atoms with Crippen molar-refractivity contribution < 1.29 is 9.53 Å². The second-order valence-corrected chi connectivity index (χ2v) is 5.43. The minimum absolute atomic E-state index is 0.0230. The number of benzene rings is 1. The molecule has 1 aromatic carbocycles. The summed E-state index contributed by atoms with van der Waals surface area (Å²) < 4.78 is 5.59. The zero-order valence-electron chi connectivity index (χ0n) is 11.4. The third kappa shape index (κ3) is 1.97. The molecule has 0 saturated carbocycles. The molecule has 0 saturated heterocycles. The first-order valence-electron chi connectivity index (χ1n) is 6.15. The Hall–Kier alpha value is -1.55. The Balaban J connectivity index is 2.47. The van der Waals surface area contributed by atoms with E-state index >= 15 is 0 Å². The van der Waals surface area contributed by atoms with Gasteiger partial charge in [0.05, 0.1) is 5.69 Å². The molecule has 1 unspecified atom stereocenters. The molecule has 1 aliphatic heterocycles. The third-order valence-corrected chi connectivity index (χ3v) is 3.59. The molecule has 0 fully saturated rings. The van der Waals surface area contributed by atoms with Crippen molar-refractivity contribution in [3.05, 3.63) is 23.8 Å². The number of likely N-dealkylation sites (N-methyl/N-ethyl adjacent to an activating group) is 1. The maximum atomic E-state index is 11.9. The first-order valence-corrected chi connectivity index (χ1v) is 6.15. The molecule has 0 spiro atoms. The zero-order valence-corrected chi connectivity index (χ0v) is 11.4. The Morgan fingerprint density at radius 2 is 2.11 bits per heavy atom. The standard InChI is InChI=1S/C14H20N2O2/c1-9-13(17)16(4)11-7-10(14(2,3)8-15)5-6-12(11)18-9/h5-7,9H,8,15H2,1-4H3. The van der Waals surface area contributed by atoms with E-state index in [-0.39, 0.29) is 11.3 Å². The lowest BCUT2D eigenvalue weighted by Crippen LogP contribution is -2.42. The summed E-state index contributed by atoms with van der Waals surface area (Å²) in [6, 6.07) is 5.93. The van der Waals surface area contributed by atoms with Crippen molar-refractivity contribution in [1.29, 1.82) is 0 Å². The van der Waals surface area contributed by atoms with Gasteiger partial charge in [0.2, 0.25) is 0 Å². The van der Waals surface area contributed by atoms with Crippen LogP contribution >= 0.6 is 0 Å². The highest BCUT2D eigenvalue weighted by Crippen LogP contribution is 2.36. The molecule has 1 aliphatic rings. The Bertz CT molecular complexity index is 483. The number of carbonyl (C=O) groups excluding carboxylic acids is 1. The fourth-order valence-electron chi connectivity index (χ4n) is 2.05. The second kappa shape index (κ2) is 4.28. The highest BCUT2D eigenvalue weighted by Gasteiger charge is 2.30. The lowest BCUT2D eigenvalue weighted by Gasteiger charge is -2.32. The van der Waals surface area contributed by atoms with Crippen LogP contribution in [0, 0.1) is 0 Å². The Labute approximate surface area is 108 Å². The van der Waals surface area contributed by atoms with Crippen LogP contribution in [0.5, 0.6) is 5.75 Å². The van der Waals surface area contributed by atoms with Crippen molar-refractivity contribution in [2.45, 2.75) is 32.3 Å². The number of hydrogen-bond acceptors (Lipinski definition) is 3. The molecule has 4 heteroatoms. The number of amides is 1. The zero-order chi connectivity index (χ0) is 13.5. The van der Waals surface area contributed by atoms with E-state index in [4.69, 9.17) is 10.5 Å². The lowest BCUT2D eigenvalue weighted by molar-refractivity contribution is -0.125. The van der Waals surface area contributed by atoms with Crippen molar-refractivity contribution >= 4 is 11.6 Å². The highest BCUT2D eigenvalue weighted by atomic mass is 16.5. The van der Waals surface area contributed by atoms with Crippen LogP contribution in [0.3, 0.4) is 0 Å². The van der Waals surface area contributed by atoms with Gasteiger partial charge in [0.1, 0.15) is 5.75 Å². The molecular weight excluding hydrogens is 228 g/mol. The van der Waals surface area contributed by atoms with Gasteiger partial charge in [0, 0.05) is 19.0 Å². The van der Waals surface area contributed by atoms with Crippen molar-refractivity contribution in [3.8, 4) is 5.75 Å². The number of fused-ring (bicyclic) bond motifs is 1. The van der Waals surface area contributed by atoms with E-state index in [9.17, 15) is 4.79 Å². The highest BCUT2D eigenvalue weighted by molar-refractivity contribution is 5.99. The van der Waals surface area contributed by atoms with Crippen LogP contribution in [0.1, 0.15) is 26.3 Å². The van der Waals surface area contributed by atoms with Gasteiger partial charge in [-0.05, 0) is 24.6 Å². The van der Waals surface area contributed by atoms with Gasteiger partial charge in [-0.2, -0.15) is 0 Å². The van der Waals surface area contributed by atoms with E-state index in [0.717, 1.165) is 17.0 Å². The minimum Gasteiger partial charge on any atom is -0.479 e. The van der Waals surface area contributed by atoms with Gasteiger partial charge in [-0.15, -0.1) is 0 Å². The van der Waals surface area contributed by atoms with Crippen LogP contribution in [-0.2, 0) is 10.2 Å². The average Bonchev–Trinajstić information content (AvgIpc) is 2.35. The molecule has 1 atom stereocenters. The van der Waals surface area contributed by atoms with Gasteiger partial charge in [-0.3, -0.25) is 4.79 Å². The largest absolute Gasteiger partial charge is 0.479 e. The third-order valence-electron chi connectivity index (χ3n) is 3.59. The Morgan fingerprint density at radius 1 is 1.44 bits per heavy atom. The van der Waals surface area contributed by atoms with Crippen LogP contribution in [0.25, 0.3) is 0 Å². The van der Waals surface area contributed by atoms with Gasteiger partial charge in [0.25, 0.3) is 5.91 Å². The molecule has 98 valence electrons. The molecule has 4 nitrogen and oxygen atoms in total. The first kappa shape index (κ1) is 12.9. The smallest absolute Gasteiger partial charge is 0.267 e. The predicted molar refractivity (Wildman–Crippen MR) is 72.0 cm³/mol. The van der Waals surface area contributed by atoms with Gasteiger partial charge < -0.3 is 15.4 Å². The number of anilines is 1. The molecule has 0 aliphatic carbocycles. The predicted octanol–water partition coefficient (Wildman–Crippen LogP) is 1.67. The normalized spacial score (nSPS) is 19.5. The molecule has 0 radical (unpaired) electrons. The topological polar surface area (TPSA) is 55.6 Å². The summed E-state index contributed by atoms with van der Waals surface area (Å²) in [4.78, 5) is 13.5. The molecule has 18 heavy (non-hydrogen) atoms. The SMILES string of the molecule is CC1Oc2ccc(C(C)(C)CN)cc2N(C)C1=O. The number of ether oxygens (including phenoxy) is 1. The lowest BCUT2D eigenvalue weighted by atomic mass is 9.84. The molecule has 1 aromatic rings. The summed E-state index contributed by atoms with van der Waals surface area (Å²) in [5, 5.41) is 0. The number of carbonyl (C=O) groups is 1. The van der Waals surface area contributed by atoms with Gasteiger partial charge in [-0.25, -0.2) is 0 Å². The Kier molecular flexibility index (Phi) is 3.07. The van der Waals surface area contributed by atoms with Crippen molar-refractivity contribution in [2.75, 3.05) is 18.5 Å². The van der Waals surface area contributed by atoms with Crippen LogP contribution in [0.15, 0.2) is 18.2 Å². The van der Waals surface area contributed by atoms with Crippen molar-refractivity contribution in [1.82, 2.24) is 0 Å². The maximum absolute atomic E-state index is 11.9. The summed E-state index contributed by atoms with van der Waals surface area (Å²) in [6.45, 7) is 6.49. The molecule has 1 amide bonds. The number of nitrogens with two attached hydrogens (primary N) is 1. The molecule has 2 rings (SSSR count). The van der Waals surface area contributed by atoms with E-state index in [1.807, 2.05) is 18.2 Å². The average molecular weight is 248 g/mol. The second-order valence-electron chi connectivity index (χ2n) is 5.43. The van der Waals surface area contributed by atoms with E-state index in [2.05, 4.69) is 13.8 Å². The van der Waals surface area contributed by atoms with Crippen LogP contribution in [-0.4, -0.2) is 25.6 Å². The number of nitrogens with zero attached hydrogens (tertiary/aromatic N) is 1. The van der Waals surface area contributed by atoms with Gasteiger partial charge >= 0.3 is 0 Å². The fraction of sp³-hybridized carbons (Fsp3) is 0.500. The van der Waals surface area contributed by atoms with Crippen LogP contribution in [0.4, 0.5) is 5.69 Å².